The number of aliphatic imine (C=N–C) groups is 1. The van der Waals surface area contributed by atoms with Crippen molar-refractivity contribution in [3.63, 3.8) is 0 Å². The second-order valence-electron chi connectivity index (χ2n) is 7.74. The fraction of sp³-hybridized carbons (Fsp3) is 0.667. The number of anilines is 1. The van der Waals surface area contributed by atoms with Crippen LogP contribution in [0.5, 0.6) is 5.75 Å². The standard InChI is InChI=1S/C21H35N5O/c1-5-22-21(23-16-20(24(2)3)17-9-10-17)26-13-11-25(12-14-26)18-7-6-8-19(15-18)27-4/h6-8,15,17,20H,5,9-14,16H2,1-4H3,(H,22,23). The van der Waals surface area contributed by atoms with Crippen molar-refractivity contribution in [3.8, 4) is 5.75 Å². The Bertz CT molecular complexity index is 619. The van der Waals surface area contributed by atoms with Crippen molar-refractivity contribution in [2.24, 2.45) is 10.9 Å². The SMILES string of the molecule is CCNC(=NCC(C1CC1)N(C)C)N1CCN(c2cccc(OC)c2)CC1. The lowest BCUT2D eigenvalue weighted by molar-refractivity contribution is 0.269. The summed E-state index contributed by atoms with van der Waals surface area (Å²) in [5, 5.41) is 3.50. The third-order valence-electron chi connectivity index (χ3n) is 5.59. The average Bonchev–Trinajstić information content (AvgIpc) is 3.52. The zero-order valence-corrected chi connectivity index (χ0v) is 17.3. The molecule has 1 N–H and O–H groups in total. The highest BCUT2D eigenvalue weighted by molar-refractivity contribution is 5.80. The number of ether oxygens (including phenoxy) is 1. The maximum atomic E-state index is 5.36. The molecule has 1 aromatic carbocycles. The first kappa shape index (κ1) is 19.8. The second kappa shape index (κ2) is 9.31. The number of benzene rings is 1. The minimum absolute atomic E-state index is 0.566. The second-order valence-corrected chi connectivity index (χ2v) is 7.74. The van der Waals surface area contributed by atoms with Gasteiger partial charge in [0.05, 0.1) is 13.7 Å². The summed E-state index contributed by atoms with van der Waals surface area (Å²) in [6.07, 6.45) is 2.71. The topological polar surface area (TPSA) is 43.3 Å². The molecule has 1 aliphatic heterocycles. The molecule has 1 aromatic rings. The Morgan fingerprint density at radius 1 is 1.26 bits per heavy atom. The van der Waals surface area contributed by atoms with Crippen LogP contribution in [0.1, 0.15) is 19.8 Å². The summed E-state index contributed by atoms with van der Waals surface area (Å²) in [6, 6.07) is 8.90. The predicted molar refractivity (Wildman–Crippen MR) is 113 cm³/mol. The van der Waals surface area contributed by atoms with Gasteiger partial charge in [0.25, 0.3) is 0 Å². The molecule has 0 radical (unpaired) electrons. The summed E-state index contributed by atoms with van der Waals surface area (Å²) in [7, 11) is 6.08. The molecule has 1 saturated carbocycles. The van der Waals surface area contributed by atoms with Crippen molar-refractivity contribution in [3.05, 3.63) is 24.3 Å². The smallest absolute Gasteiger partial charge is 0.194 e. The first-order valence-electron chi connectivity index (χ1n) is 10.2. The highest BCUT2D eigenvalue weighted by Crippen LogP contribution is 2.34. The molecule has 1 saturated heterocycles. The molecule has 2 fully saturated rings. The van der Waals surface area contributed by atoms with E-state index in [2.05, 4.69) is 59.2 Å². The average molecular weight is 374 g/mol. The van der Waals surface area contributed by atoms with Gasteiger partial charge in [-0.05, 0) is 51.9 Å². The number of nitrogens with zero attached hydrogens (tertiary/aromatic N) is 4. The number of nitrogens with one attached hydrogen (secondary N) is 1. The lowest BCUT2D eigenvalue weighted by Crippen LogP contribution is -2.53. The lowest BCUT2D eigenvalue weighted by atomic mass is 10.2. The Labute approximate surface area is 164 Å². The van der Waals surface area contributed by atoms with E-state index in [9.17, 15) is 0 Å². The number of methoxy groups -OCH3 is 1. The Morgan fingerprint density at radius 2 is 2.00 bits per heavy atom. The summed E-state index contributed by atoms with van der Waals surface area (Å²) in [5.74, 6) is 2.81. The lowest BCUT2D eigenvalue weighted by Gasteiger charge is -2.38. The summed E-state index contributed by atoms with van der Waals surface area (Å²) >= 11 is 0. The normalized spacial score (nSPS) is 19.4. The number of hydrogen-bond acceptors (Lipinski definition) is 4. The Kier molecular flexibility index (Phi) is 6.83. The number of likely N-dealkylation sites (N-methyl/N-ethyl adjacent to an activating group) is 1. The van der Waals surface area contributed by atoms with Crippen molar-refractivity contribution in [1.82, 2.24) is 15.1 Å². The van der Waals surface area contributed by atoms with E-state index in [1.807, 2.05) is 6.07 Å². The molecule has 3 rings (SSSR count). The van der Waals surface area contributed by atoms with E-state index in [0.717, 1.165) is 56.9 Å². The van der Waals surface area contributed by atoms with Crippen molar-refractivity contribution in [1.29, 1.82) is 0 Å². The molecule has 6 heteroatoms. The summed E-state index contributed by atoms with van der Waals surface area (Å²) < 4.78 is 5.36. The Hall–Kier alpha value is -1.95. The molecule has 6 nitrogen and oxygen atoms in total. The highest BCUT2D eigenvalue weighted by Gasteiger charge is 2.32. The molecule has 0 spiro atoms. The van der Waals surface area contributed by atoms with Gasteiger partial charge in [0.15, 0.2) is 5.96 Å². The van der Waals surface area contributed by atoms with E-state index >= 15 is 0 Å². The molecule has 2 aliphatic rings. The predicted octanol–water partition coefficient (Wildman–Crippen LogP) is 2.12. The van der Waals surface area contributed by atoms with Gasteiger partial charge < -0.3 is 24.8 Å². The van der Waals surface area contributed by atoms with Crippen LogP contribution < -0.4 is 15.0 Å². The number of piperazine rings is 1. The van der Waals surface area contributed by atoms with Crippen molar-refractivity contribution >= 4 is 11.6 Å². The molecule has 1 atom stereocenters. The Balaban J connectivity index is 1.60. The minimum atomic E-state index is 0.566. The fourth-order valence-electron chi connectivity index (χ4n) is 3.80. The van der Waals surface area contributed by atoms with Crippen LogP contribution in [-0.4, -0.2) is 82.3 Å². The number of hydrogen-bond donors (Lipinski definition) is 1. The van der Waals surface area contributed by atoms with Gasteiger partial charge in [-0.3, -0.25) is 4.99 Å². The van der Waals surface area contributed by atoms with Crippen LogP contribution in [0.3, 0.4) is 0 Å². The molecule has 0 amide bonds. The van der Waals surface area contributed by atoms with Crippen LogP contribution in [0.15, 0.2) is 29.3 Å². The van der Waals surface area contributed by atoms with Gasteiger partial charge in [-0.15, -0.1) is 0 Å². The van der Waals surface area contributed by atoms with Gasteiger partial charge in [0.1, 0.15) is 5.75 Å². The van der Waals surface area contributed by atoms with Crippen LogP contribution in [0.4, 0.5) is 5.69 Å². The summed E-state index contributed by atoms with van der Waals surface area (Å²) in [5.41, 5.74) is 1.23. The van der Waals surface area contributed by atoms with Gasteiger partial charge in [-0.1, -0.05) is 6.07 Å². The Morgan fingerprint density at radius 3 is 2.59 bits per heavy atom. The minimum Gasteiger partial charge on any atom is -0.497 e. The monoisotopic (exact) mass is 373 g/mol. The number of guanidine groups is 1. The molecular weight excluding hydrogens is 338 g/mol. The van der Waals surface area contributed by atoms with E-state index in [1.165, 1.54) is 18.5 Å². The van der Waals surface area contributed by atoms with Gasteiger partial charge in [0.2, 0.25) is 0 Å². The molecule has 1 unspecified atom stereocenters. The van der Waals surface area contributed by atoms with Crippen LogP contribution in [-0.2, 0) is 0 Å². The highest BCUT2D eigenvalue weighted by atomic mass is 16.5. The molecule has 0 bridgehead atoms. The zero-order valence-electron chi connectivity index (χ0n) is 17.3. The first-order chi connectivity index (χ1) is 13.1. The number of rotatable bonds is 7. The molecule has 0 aromatic heterocycles. The van der Waals surface area contributed by atoms with E-state index < -0.39 is 0 Å². The van der Waals surface area contributed by atoms with Crippen molar-refractivity contribution in [2.75, 3.05) is 65.4 Å². The first-order valence-corrected chi connectivity index (χ1v) is 10.2. The van der Waals surface area contributed by atoms with Crippen molar-refractivity contribution in [2.45, 2.75) is 25.8 Å². The largest absolute Gasteiger partial charge is 0.497 e. The van der Waals surface area contributed by atoms with Crippen molar-refractivity contribution < 1.29 is 4.74 Å². The maximum absolute atomic E-state index is 5.36. The van der Waals surface area contributed by atoms with E-state index in [0.29, 0.717) is 6.04 Å². The molecular formula is C21H35N5O. The van der Waals surface area contributed by atoms with Crippen LogP contribution in [0.25, 0.3) is 0 Å². The molecule has 150 valence electrons. The third-order valence-corrected chi connectivity index (χ3v) is 5.59. The summed E-state index contributed by atoms with van der Waals surface area (Å²) in [4.78, 5) is 12.2. The summed E-state index contributed by atoms with van der Waals surface area (Å²) in [6.45, 7) is 7.90. The van der Waals surface area contributed by atoms with Crippen LogP contribution in [0, 0.1) is 5.92 Å². The molecule has 27 heavy (non-hydrogen) atoms. The fourth-order valence-corrected chi connectivity index (χ4v) is 3.80. The van der Waals surface area contributed by atoms with E-state index in [-0.39, 0.29) is 0 Å². The van der Waals surface area contributed by atoms with Crippen LogP contribution >= 0.6 is 0 Å². The van der Waals surface area contributed by atoms with E-state index in [4.69, 9.17) is 9.73 Å². The molecule has 1 heterocycles. The van der Waals surface area contributed by atoms with Gasteiger partial charge in [-0.25, -0.2) is 0 Å². The maximum Gasteiger partial charge on any atom is 0.194 e. The van der Waals surface area contributed by atoms with Gasteiger partial charge in [0, 0.05) is 50.5 Å². The van der Waals surface area contributed by atoms with Gasteiger partial charge >= 0.3 is 0 Å². The van der Waals surface area contributed by atoms with Crippen LogP contribution in [0.2, 0.25) is 0 Å². The molecule has 1 aliphatic carbocycles. The van der Waals surface area contributed by atoms with E-state index in [1.54, 1.807) is 7.11 Å². The quantitative estimate of drug-likeness (QED) is 0.586. The van der Waals surface area contributed by atoms with Gasteiger partial charge in [-0.2, -0.15) is 0 Å². The zero-order chi connectivity index (χ0) is 19.2. The third kappa shape index (κ3) is 5.28.